The van der Waals surface area contributed by atoms with Gasteiger partial charge < -0.3 is 5.32 Å². The lowest BCUT2D eigenvalue weighted by Gasteiger charge is -2.08. The number of fused-ring (bicyclic) bond motifs is 1. The van der Waals surface area contributed by atoms with Gasteiger partial charge in [0.25, 0.3) is 0 Å². The van der Waals surface area contributed by atoms with E-state index in [0.29, 0.717) is 0 Å². The van der Waals surface area contributed by atoms with Crippen molar-refractivity contribution in [1.82, 2.24) is 5.32 Å². The van der Waals surface area contributed by atoms with Crippen LogP contribution in [0.15, 0.2) is 42.5 Å². The number of hydrogen-bond donors (Lipinski definition) is 1. The molecule has 0 spiro atoms. The SMILES string of the molecule is CCCCCCCNCc1cccc2ccccc12. The fourth-order valence-electron chi connectivity index (χ4n) is 2.52. The highest BCUT2D eigenvalue weighted by atomic mass is 14.8. The molecule has 0 fully saturated rings. The first-order valence-electron chi connectivity index (χ1n) is 7.59. The van der Waals surface area contributed by atoms with Crippen molar-refractivity contribution in [3.05, 3.63) is 48.0 Å². The number of unbranched alkanes of at least 4 members (excludes halogenated alkanes) is 4. The lowest BCUT2D eigenvalue weighted by Crippen LogP contribution is -2.14. The molecule has 2 rings (SSSR count). The maximum Gasteiger partial charge on any atom is 0.0211 e. The molecule has 0 radical (unpaired) electrons. The summed E-state index contributed by atoms with van der Waals surface area (Å²) in [4.78, 5) is 0. The summed E-state index contributed by atoms with van der Waals surface area (Å²) in [5.74, 6) is 0. The Morgan fingerprint density at radius 1 is 0.842 bits per heavy atom. The third kappa shape index (κ3) is 4.36. The summed E-state index contributed by atoms with van der Waals surface area (Å²) in [6.07, 6.45) is 6.74. The fraction of sp³-hybridized carbons (Fsp3) is 0.444. The van der Waals surface area contributed by atoms with E-state index in [1.54, 1.807) is 0 Å². The van der Waals surface area contributed by atoms with Crippen molar-refractivity contribution in [3.8, 4) is 0 Å². The van der Waals surface area contributed by atoms with Gasteiger partial charge in [0.15, 0.2) is 0 Å². The molecular weight excluding hydrogens is 230 g/mol. The summed E-state index contributed by atoms with van der Waals surface area (Å²) in [6.45, 7) is 4.38. The first-order valence-corrected chi connectivity index (χ1v) is 7.59. The summed E-state index contributed by atoms with van der Waals surface area (Å²) >= 11 is 0. The maximum absolute atomic E-state index is 3.57. The van der Waals surface area contributed by atoms with Gasteiger partial charge in [-0.15, -0.1) is 0 Å². The molecule has 2 aromatic carbocycles. The van der Waals surface area contributed by atoms with Crippen molar-refractivity contribution in [1.29, 1.82) is 0 Å². The van der Waals surface area contributed by atoms with Crippen LogP contribution >= 0.6 is 0 Å². The Bertz CT molecular complexity index is 485. The van der Waals surface area contributed by atoms with Crippen molar-refractivity contribution in [2.75, 3.05) is 6.54 Å². The van der Waals surface area contributed by atoms with Crippen LogP contribution in [0.3, 0.4) is 0 Å². The Labute approximate surface area is 117 Å². The second-order valence-electron chi connectivity index (χ2n) is 5.23. The van der Waals surface area contributed by atoms with Gasteiger partial charge in [-0.3, -0.25) is 0 Å². The molecule has 1 nitrogen and oxygen atoms in total. The summed E-state index contributed by atoms with van der Waals surface area (Å²) in [5, 5.41) is 6.29. The summed E-state index contributed by atoms with van der Waals surface area (Å²) in [7, 11) is 0. The average Bonchev–Trinajstić information content (AvgIpc) is 2.46. The van der Waals surface area contributed by atoms with Crippen LogP contribution in [0.5, 0.6) is 0 Å². The largest absolute Gasteiger partial charge is 0.313 e. The van der Waals surface area contributed by atoms with Crippen LogP contribution in [0.25, 0.3) is 10.8 Å². The second-order valence-corrected chi connectivity index (χ2v) is 5.23. The average molecular weight is 255 g/mol. The minimum Gasteiger partial charge on any atom is -0.313 e. The molecule has 1 N–H and O–H groups in total. The zero-order valence-corrected chi connectivity index (χ0v) is 12.0. The highest BCUT2D eigenvalue weighted by Crippen LogP contribution is 2.18. The molecule has 0 heterocycles. The molecule has 0 aliphatic rings. The van der Waals surface area contributed by atoms with E-state index in [1.165, 1.54) is 48.4 Å². The van der Waals surface area contributed by atoms with Gasteiger partial charge in [-0.2, -0.15) is 0 Å². The van der Waals surface area contributed by atoms with Crippen LogP contribution in [0, 0.1) is 0 Å². The molecule has 0 bridgehead atoms. The predicted molar refractivity (Wildman–Crippen MR) is 84.4 cm³/mol. The molecule has 2 aromatic rings. The van der Waals surface area contributed by atoms with Crippen LogP contribution in [0.4, 0.5) is 0 Å². The predicted octanol–water partition coefficient (Wildman–Crippen LogP) is 4.90. The molecule has 0 amide bonds. The van der Waals surface area contributed by atoms with Crippen LogP contribution in [0.2, 0.25) is 0 Å². The number of nitrogens with one attached hydrogen (secondary N) is 1. The Kier molecular flexibility index (Phi) is 5.90. The van der Waals surface area contributed by atoms with Crippen LogP contribution in [-0.2, 0) is 6.54 Å². The molecule has 0 saturated carbocycles. The van der Waals surface area contributed by atoms with E-state index in [9.17, 15) is 0 Å². The molecule has 0 aromatic heterocycles. The standard InChI is InChI=1S/C18H25N/c1-2-3-4-5-8-14-19-15-17-12-9-11-16-10-6-7-13-18(16)17/h6-7,9-13,19H,2-5,8,14-15H2,1H3. The highest BCUT2D eigenvalue weighted by molar-refractivity contribution is 5.85. The van der Waals surface area contributed by atoms with E-state index in [-0.39, 0.29) is 0 Å². The van der Waals surface area contributed by atoms with Crippen LogP contribution < -0.4 is 5.32 Å². The molecule has 0 atom stereocenters. The topological polar surface area (TPSA) is 12.0 Å². The Morgan fingerprint density at radius 2 is 1.63 bits per heavy atom. The van der Waals surface area contributed by atoms with Gasteiger partial charge in [-0.05, 0) is 29.3 Å². The quantitative estimate of drug-likeness (QED) is 0.662. The molecule has 0 aliphatic heterocycles. The summed E-state index contributed by atoms with van der Waals surface area (Å²) in [6, 6.07) is 15.2. The lowest BCUT2D eigenvalue weighted by atomic mass is 10.0. The van der Waals surface area contributed by atoms with E-state index in [2.05, 4.69) is 54.7 Å². The molecule has 1 heteroatoms. The third-order valence-electron chi connectivity index (χ3n) is 3.65. The first kappa shape index (κ1) is 14.1. The van der Waals surface area contributed by atoms with Crippen molar-refractivity contribution in [2.45, 2.75) is 45.6 Å². The number of rotatable bonds is 8. The first-order chi connectivity index (χ1) is 9.42. The summed E-state index contributed by atoms with van der Waals surface area (Å²) < 4.78 is 0. The molecule has 0 unspecified atom stereocenters. The van der Waals surface area contributed by atoms with Gasteiger partial charge in [0.1, 0.15) is 0 Å². The van der Waals surface area contributed by atoms with Gasteiger partial charge in [0.05, 0.1) is 0 Å². The maximum atomic E-state index is 3.57. The molecule has 0 saturated heterocycles. The Hall–Kier alpha value is -1.34. The van der Waals surface area contributed by atoms with Crippen molar-refractivity contribution in [3.63, 3.8) is 0 Å². The minimum atomic E-state index is 0.981. The number of hydrogen-bond acceptors (Lipinski definition) is 1. The van der Waals surface area contributed by atoms with E-state index < -0.39 is 0 Å². The Morgan fingerprint density at radius 3 is 2.53 bits per heavy atom. The summed E-state index contributed by atoms with van der Waals surface area (Å²) in [5.41, 5.74) is 1.41. The minimum absolute atomic E-state index is 0.981. The lowest BCUT2D eigenvalue weighted by molar-refractivity contribution is 0.584. The normalized spacial score (nSPS) is 11.0. The molecule has 102 valence electrons. The van der Waals surface area contributed by atoms with Gasteiger partial charge >= 0.3 is 0 Å². The third-order valence-corrected chi connectivity index (χ3v) is 3.65. The van der Waals surface area contributed by atoms with Crippen molar-refractivity contribution in [2.24, 2.45) is 0 Å². The molecule has 19 heavy (non-hydrogen) atoms. The smallest absolute Gasteiger partial charge is 0.0211 e. The monoisotopic (exact) mass is 255 g/mol. The van der Waals surface area contributed by atoms with Crippen molar-refractivity contribution < 1.29 is 0 Å². The molecular formula is C18H25N. The van der Waals surface area contributed by atoms with E-state index >= 15 is 0 Å². The van der Waals surface area contributed by atoms with Crippen LogP contribution in [0.1, 0.15) is 44.6 Å². The van der Waals surface area contributed by atoms with Gasteiger partial charge in [-0.25, -0.2) is 0 Å². The van der Waals surface area contributed by atoms with Gasteiger partial charge in [0.2, 0.25) is 0 Å². The Balaban J connectivity index is 1.78. The zero-order chi connectivity index (χ0) is 13.3. The zero-order valence-electron chi connectivity index (χ0n) is 12.0. The highest BCUT2D eigenvalue weighted by Gasteiger charge is 1.99. The fourth-order valence-corrected chi connectivity index (χ4v) is 2.52. The second kappa shape index (κ2) is 7.96. The molecule has 0 aliphatic carbocycles. The van der Waals surface area contributed by atoms with Crippen LogP contribution in [-0.4, -0.2) is 6.54 Å². The van der Waals surface area contributed by atoms with E-state index in [0.717, 1.165) is 13.1 Å². The van der Waals surface area contributed by atoms with Gasteiger partial charge in [-0.1, -0.05) is 75.1 Å². The van der Waals surface area contributed by atoms with Gasteiger partial charge in [0, 0.05) is 6.54 Å². The van der Waals surface area contributed by atoms with Crippen molar-refractivity contribution >= 4 is 10.8 Å². The number of benzene rings is 2. The van der Waals surface area contributed by atoms with E-state index in [1.807, 2.05) is 0 Å². The van der Waals surface area contributed by atoms with E-state index in [4.69, 9.17) is 0 Å².